The molecule has 0 amide bonds. The lowest BCUT2D eigenvalue weighted by atomic mass is 9.93. The summed E-state index contributed by atoms with van der Waals surface area (Å²) < 4.78 is 27.0. The van der Waals surface area contributed by atoms with E-state index in [1.807, 2.05) is 7.85 Å². The van der Waals surface area contributed by atoms with Crippen LogP contribution >= 0.6 is 0 Å². The van der Waals surface area contributed by atoms with Crippen LogP contribution in [-0.2, 0) is 0 Å². The number of hydrogen-bond donors (Lipinski definition) is 0. The first-order valence-corrected chi connectivity index (χ1v) is 5.69. The summed E-state index contributed by atoms with van der Waals surface area (Å²) in [6, 6.07) is 4.96. The zero-order valence-corrected chi connectivity index (χ0v) is 10.1. The minimum atomic E-state index is -0.517. The second kappa shape index (κ2) is 4.38. The molecule has 0 aliphatic heterocycles. The molecule has 0 fully saturated rings. The van der Waals surface area contributed by atoms with E-state index in [-0.39, 0.29) is 5.56 Å². The third-order valence-electron chi connectivity index (χ3n) is 2.84. The maximum absolute atomic E-state index is 13.7. The summed E-state index contributed by atoms with van der Waals surface area (Å²) in [5, 5.41) is 0. The minimum Gasteiger partial charge on any atom is -0.252 e. The van der Waals surface area contributed by atoms with Gasteiger partial charge in [0.05, 0.1) is 5.69 Å². The number of nitrogens with zero attached hydrogens (tertiary/aromatic N) is 3. The maximum atomic E-state index is 13.7. The third kappa shape index (κ3) is 2.05. The largest absolute Gasteiger partial charge is 0.252 e. The summed E-state index contributed by atoms with van der Waals surface area (Å²) >= 11 is 0. The molecule has 0 radical (unpaired) electrons. The molecule has 0 bridgehead atoms. The van der Waals surface area contributed by atoms with Crippen LogP contribution in [0.3, 0.4) is 0 Å². The first kappa shape index (κ1) is 11.7. The smallest absolute Gasteiger partial charge is 0.178 e. The van der Waals surface area contributed by atoms with Crippen molar-refractivity contribution in [3.8, 4) is 11.3 Å². The van der Waals surface area contributed by atoms with Crippen LogP contribution < -0.4 is 5.46 Å². The molecule has 1 aromatic carbocycles. The zero-order valence-electron chi connectivity index (χ0n) is 10.1. The molecule has 0 aliphatic carbocycles. The van der Waals surface area contributed by atoms with Gasteiger partial charge >= 0.3 is 0 Å². The monoisotopic (exact) mass is 255 g/mol. The van der Waals surface area contributed by atoms with Gasteiger partial charge in [-0.1, -0.05) is 5.46 Å². The van der Waals surface area contributed by atoms with Gasteiger partial charge in [-0.3, -0.25) is 4.98 Å². The molecule has 3 nitrogen and oxygen atoms in total. The fourth-order valence-electron chi connectivity index (χ4n) is 1.94. The summed E-state index contributed by atoms with van der Waals surface area (Å²) in [6.07, 6.45) is 3.08. The van der Waals surface area contributed by atoms with Crippen LogP contribution in [0.1, 0.15) is 0 Å². The van der Waals surface area contributed by atoms with E-state index in [0.29, 0.717) is 16.9 Å². The molecule has 92 valence electrons. The highest BCUT2D eigenvalue weighted by atomic mass is 19.1. The number of pyridine rings is 1. The SMILES string of the molecule is Bc1cc(-c2cc(F)ccc2F)nc2nccnc12. The Kier molecular flexibility index (Phi) is 2.70. The molecule has 0 saturated carbocycles. The fraction of sp³-hybridized carbons (Fsp3) is 0. The average molecular weight is 255 g/mol. The Morgan fingerprint density at radius 3 is 2.63 bits per heavy atom. The van der Waals surface area contributed by atoms with Gasteiger partial charge in [0.15, 0.2) is 5.65 Å². The Morgan fingerprint density at radius 1 is 1.00 bits per heavy atom. The van der Waals surface area contributed by atoms with Crippen LogP contribution in [0.5, 0.6) is 0 Å². The summed E-state index contributed by atoms with van der Waals surface area (Å²) in [6.45, 7) is 0. The molecule has 2 heterocycles. The number of benzene rings is 1. The third-order valence-corrected chi connectivity index (χ3v) is 2.84. The fourth-order valence-corrected chi connectivity index (χ4v) is 1.94. The summed E-state index contributed by atoms with van der Waals surface area (Å²) in [5.41, 5.74) is 2.36. The second-order valence-corrected chi connectivity index (χ2v) is 4.18. The van der Waals surface area contributed by atoms with Crippen molar-refractivity contribution in [2.75, 3.05) is 0 Å². The van der Waals surface area contributed by atoms with Crippen LogP contribution in [-0.4, -0.2) is 22.8 Å². The molecule has 6 heteroatoms. The Hall–Kier alpha value is -2.37. The van der Waals surface area contributed by atoms with Crippen LogP contribution in [0.25, 0.3) is 22.4 Å². The Balaban J connectivity index is 2.28. The van der Waals surface area contributed by atoms with Gasteiger partial charge in [-0.25, -0.2) is 18.7 Å². The van der Waals surface area contributed by atoms with E-state index in [1.54, 1.807) is 12.3 Å². The van der Waals surface area contributed by atoms with E-state index in [2.05, 4.69) is 15.0 Å². The van der Waals surface area contributed by atoms with E-state index < -0.39 is 11.6 Å². The molecule has 2 aromatic heterocycles. The first-order chi connectivity index (χ1) is 9.15. The molecule has 0 N–H and O–H groups in total. The molecule has 0 saturated heterocycles. The molecule has 3 aromatic rings. The predicted octanol–water partition coefficient (Wildman–Crippen LogP) is 1.23. The Bertz CT molecular complexity index is 777. The van der Waals surface area contributed by atoms with E-state index in [0.717, 1.165) is 23.7 Å². The summed E-state index contributed by atoms with van der Waals surface area (Å²) in [5.74, 6) is -1.02. The van der Waals surface area contributed by atoms with Gasteiger partial charge in [-0.15, -0.1) is 0 Å². The molecule has 19 heavy (non-hydrogen) atoms. The second-order valence-electron chi connectivity index (χ2n) is 4.18. The van der Waals surface area contributed by atoms with Crippen LogP contribution in [0.4, 0.5) is 8.78 Å². The highest BCUT2D eigenvalue weighted by Gasteiger charge is 2.11. The van der Waals surface area contributed by atoms with Crippen molar-refractivity contribution in [1.29, 1.82) is 0 Å². The summed E-state index contributed by atoms with van der Waals surface area (Å²) in [4.78, 5) is 12.5. The maximum Gasteiger partial charge on any atom is 0.178 e. The highest BCUT2D eigenvalue weighted by Crippen LogP contribution is 2.22. The van der Waals surface area contributed by atoms with Crippen LogP contribution in [0.15, 0.2) is 36.7 Å². The van der Waals surface area contributed by atoms with Gasteiger partial charge < -0.3 is 0 Å². The first-order valence-electron chi connectivity index (χ1n) is 5.69. The average Bonchev–Trinajstić information content (AvgIpc) is 2.41. The Morgan fingerprint density at radius 2 is 1.79 bits per heavy atom. The quantitative estimate of drug-likeness (QED) is 0.614. The van der Waals surface area contributed by atoms with Crippen LogP contribution in [0, 0.1) is 11.6 Å². The van der Waals surface area contributed by atoms with Gasteiger partial charge in [0.1, 0.15) is 25.0 Å². The molecule has 0 spiro atoms. The Labute approximate surface area is 108 Å². The van der Waals surface area contributed by atoms with Crippen molar-refractivity contribution in [1.82, 2.24) is 15.0 Å². The van der Waals surface area contributed by atoms with Gasteiger partial charge in [0.25, 0.3) is 0 Å². The normalized spacial score (nSPS) is 10.8. The number of hydrogen-bond acceptors (Lipinski definition) is 3. The van der Waals surface area contributed by atoms with Crippen molar-refractivity contribution in [3.05, 3.63) is 48.3 Å². The molecule has 0 atom stereocenters. The molecule has 0 unspecified atom stereocenters. The van der Waals surface area contributed by atoms with Crippen molar-refractivity contribution in [2.24, 2.45) is 0 Å². The van der Waals surface area contributed by atoms with Crippen LogP contribution in [0.2, 0.25) is 0 Å². The number of fused-ring (bicyclic) bond motifs is 1. The standard InChI is InChI=1S/C13H8BF2N3/c14-9-6-11(8-5-7(15)1-2-10(8)16)19-13-12(9)17-3-4-18-13/h1-6H,14H2. The molecular weight excluding hydrogens is 247 g/mol. The van der Waals surface area contributed by atoms with Gasteiger partial charge in [0.2, 0.25) is 0 Å². The van der Waals surface area contributed by atoms with Gasteiger partial charge in [0, 0.05) is 18.0 Å². The lowest BCUT2D eigenvalue weighted by Gasteiger charge is -2.06. The van der Waals surface area contributed by atoms with Crippen molar-refractivity contribution in [2.45, 2.75) is 0 Å². The summed E-state index contributed by atoms with van der Waals surface area (Å²) in [7, 11) is 1.83. The molecule has 0 aliphatic rings. The number of rotatable bonds is 1. The van der Waals surface area contributed by atoms with E-state index >= 15 is 0 Å². The minimum absolute atomic E-state index is 0.121. The van der Waals surface area contributed by atoms with Gasteiger partial charge in [-0.2, -0.15) is 0 Å². The highest BCUT2D eigenvalue weighted by molar-refractivity contribution is 6.38. The predicted molar refractivity (Wildman–Crippen MR) is 70.9 cm³/mol. The molecule has 3 rings (SSSR count). The number of halogens is 2. The van der Waals surface area contributed by atoms with Crippen molar-refractivity contribution >= 4 is 24.5 Å². The van der Waals surface area contributed by atoms with E-state index in [1.165, 1.54) is 6.20 Å². The molecular formula is C13H8BF2N3. The van der Waals surface area contributed by atoms with E-state index in [4.69, 9.17) is 0 Å². The van der Waals surface area contributed by atoms with E-state index in [9.17, 15) is 8.78 Å². The number of aromatic nitrogens is 3. The van der Waals surface area contributed by atoms with Crippen molar-refractivity contribution in [3.63, 3.8) is 0 Å². The van der Waals surface area contributed by atoms with Crippen molar-refractivity contribution < 1.29 is 8.78 Å². The lowest BCUT2D eigenvalue weighted by molar-refractivity contribution is 0.602. The lowest BCUT2D eigenvalue weighted by Crippen LogP contribution is -2.09. The topological polar surface area (TPSA) is 38.7 Å². The zero-order chi connectivity index (χ0) is 13.4. The van der Waals surface area contributed by atoms with Gasteiger partial charge in [-0.05, 0) is 24.3 Å².